The second-order valence-corrected chi connectivity index (χ2v) is 6.21. The molecule has 20 heavy (non-hydrogen) atoms. The molecule has 1 aromatic rings. The van der Waals surface area contributed by atoms with Crippen LogP contribution in [0.2, 0.25) is 0 Å². The van der Waals surface area contributed by atoms with Gasteiger partial charge in [-0.15, -0.1) is 0 Å². The highest BCUT2D eigenvalue weighted by molar-refractivity contribution is 5.27. The molecule has 1 aromatic carbocycles. The van der Waals surface area contributed by atoms with Crippen LogP contribution in [0.15, 0.2) is 24.3 Å². The van der Waals surface area contributed by atoms with Crippen molar-refractivity contribution in [3.8, 4) is 5.75 Å². The lowest BCUT2D eigenvalue weighted by Gasteiger charge is -2.32. The zero-order valence-electron chi connectivity index (χ0n) is 13.1. The van der Waals surface area contributed by atoms with Crippen molar-refractivity contribution in [1.29, 1.82) is 0 Å². The third kappa shape index (κ3) is 4.80. The van der Waals surface area contributed by atoms with Gasteiger partial charge in [0.25, 0.3) is 0 Å². The molecule has 0 saturated carbocycles. The van der Waals surface area contributed by atoms with Gasteiger partial charge in [0.15, 0.2) is 0 Å². The van der Waals surface area contributed by atoms with Crippen LogP contribution in [0, 0.1) is 5.92 Å². The van der Waals surface area contributed by atoms with E-state index in [-0.39, 0.29) is 0 Å². The first-order chi connectivity index (χ1) is 9.67. The number of likely N-dealkylation sites (N-methyl/N-ethyl adjacent to an activating group) is 1. The Hall–Kier alpha value is -1.06. The first-order valence-corrected chi connectivity index (χ1v) is 7.78. The Kier molecular flexibility index (Phi) is 5.86. The Bertz CT molecular complexity index is 388. The molecule has 0 radical (unpaired) electrons. The highest BCUT2D eigenvalue weighted by Crippen LogP contribution is 2.17. The van der Waals surface area contributed by atoms with Crippen molar-refractivity contribution in [1.82, 2.24) is 10.2 Å². The molecule has 0 amide bonds. The molecule has 2 rings (SSSR count). The van der Waals surface area contributed by atoms with Crippen LogP contribution in [0.1, 0.15) is 32.3 Å². The van der Waals surface area contributed by atoms with E-state index in [1.54, 1.807) is 0 Å². The van der Waals surface area contributed by atoms with E-state index in [1.165, 1.54) is 24.9 Å². The maximum atomic E-state index is 5.72. The van der Waals surface area contributed by atoms with E-state index >= 15 is 0 Å². The normalized spacial score (nSPS) is 20.3. The summed E-state index contributed by atoms with van der Waals surface area (Å²) in [5.41, 5.74) is 1.37. The molecule has 3 nitrogen and oxygen atoms in total. The molecule has 1 aliphatic heterocycles. The number of benzene rings is 1. The largest absolute Gasteiger partial charge is 0.493 e. The van der Waals surface area contributed by atoms with Gasteiger partial charge in [0, 0.05) is 19.1 Å². The van der Waals surface area contributed by atoms with E-state index in [0.717, 1.165) is 25.4 Å². The highest BCUT2D eigenvalue weighted by atomic mass is 16.5. The lowest BCUT2D eigenvalue weighted by Crippen LogP contribution is -2.43. The minimum absolute atomic E-state index is 0.571. The van der Waals surface area contributed by atoms with Crippen molar-refractivity contribution >= 4 is 0 Å². The van der Waals surface area contributed by atoms with Crippen LogP contribution in [-0.4, -0.2) is 37.7 Å². The summed E-state index contributed by atoms with van der Waals surface area (Å²) in [6, 6.07) is 9.23. The summed E-state index contributed by atoms with van der Waals surface area (Å²) >= 11 is 0. The number of likely N-dealkylation sites (tertiary alicyclic amines) is 1. The van der Waals surface area contributed by atoms with E-state index < -0.39 is 0 Å². The van der Waals surface area contributed by atoms with Gasteiger partial charge in [-0.05, 0) is 50.0 Å². The summed E-state index contributed by atoms with van der Waals surface area (Å²) in [6.45, 7) is 8.54. The van der Waals surface area contributed by atoms with Crippen molar-refractivity contribution in [3.63, 3.8) is 0 Å². The first kappa shape index (κ1) is 15.3. The average Bonchev–Trinajstić information content (AvgIpc) is 2.47. The third-order valence-electron chi connectivity index (χ3n) is 3.83. The summed E-state index contributed by atoms with van der Waals surface area (Å²) in [5.74, 6) is 1.55. The fraction of sp³-hybridized carbons (Fsp3) is 0.647. The number of piperidine rings is 1. The molecule has 1 unspecified atom stereocenters. The summed E-state index contributed by atoms with van der Waals surface area (Å²) in [7, 11) is 2.06. The molecule has 1 N–H and O–H groups in total. The smallest absolute Gasteiger partial charge is 0.119 e. The average molecular weight is 276 g/mol. The minimum atomic E-state index is 0.571. The number of hydrogen-bond donors (Lipinski definition) is 1. The molecule has 1 fully saturated rings. The molecule has 0 aromatic heterocycles. The van der Waals surface area contributed by atoms with Crippen molar-refractivity contribution in [2.75, 3.05) is 26.7 Å². The summed E-state index contributed by atoms with van der Waals surface area (Å²) in [6.07, 6.45) is 2.59. The van der Waals surface area contributed by atoms with Gasteiger partial charge in [-0.2, -0.15) is 0 Å². The predicted molar refractivity (Wildman–Crippen MR) is 84.1 cm³/mol. The van der Waals surface area contributed by atoms with Crippen LogP contribution >= 0.6 is 0 Å². The summed E-state index contributed by atoms with van der Waals surface area (Å²) in [4.78, 5) is 2.54. The molecule has 1 atom stereocenters. The molecule has 1 aliphatic rings. The Morgan fingerprint density at radius 2 is 2.05 bits per heavy atom. The fourth-order valence-electron chi connectivity index (χ4n) is 2.65. The van der Waals surface area contributed by atoms with Crippen LogP contribution in [0.5, 0.6) is 5.75 Å². The maximum absolute atomic E-state index is 5.72. The lowest BCUT2D eigenvalue weighted by atomic mass is 10.1. The van der Waals surface area contributed by atoms with E-state index in [2.05, 4.69) is 55.4 Å². The van der Waals surface area contributed by atoms with E-state index in [1.807, 2.05) is 0 Å². The van der Waals surface area contributed by atoms with E-state index in [0.29, 0.717) is 12.0 Å². The summed E-state index contributed by atoms with van der Waals surface area (Å²) in [5, 5.41) is 3.39. The number of nitrogens with zero attached hydrogens (tertiary/aromatic N) is 1. The first-order valence-electron chi connectivity index (χ1n) is 7.78. The number of hydrogen-bond acceptors (Lipinski definition) is 3. The molecule has 0 bridgehead atoms. The Morgan fingerprint density at radius 1 is 1.30 bits per heavy atom. The molecule has 112 valence electrons. The third-order valence-corrected chi connectivity index (χ3v) is 3.83. The van der Waals surface area contributed by atoms with Gasteiger partial charge in [0.2, 0.25) is 0 Å². The molecule has 1 saturated heterocycles. The second-order valence-electron chi connectivity index (χ2n) is 6.21. The van der Waals surface area contributed by atoms with Crippen LogP contribution in [-0.2, 0) is 6.54 Å². The van der Waals surface area contributed by atoms with Crippen LogP contribution in [0.4, 0.5) is 0 Å². The molecule has 3 heteroatoms. The standard InChI is InChI=1S/C17H28N2O/c1-14(2)13-20-17-8-6-15(7-9-17)11-19-10-4-5-16(12-19)18-3/h6-9,14,16,18H,4-5,10-13H2,1-3H3. The van der Waals surface area contributed by atoms with Crippen LogP contribution in [0.3, 0.4) is 0 Å². The maximum Gasteiger partial charge on any atom is 0.119 e. The van der Waals surface area contributed by atoms with Gasteiger partial charge < -0.3 is 10.1 Å². The van der Waals surface area contributed by atoms with E-state index in [4.69, 9.17) is 4.74 Å². The van der Waals surface area contributed by atoms with E-state index in [9.17, 15) is 0 Å². The van der Waals surface area contributed by atoms with Crippen molar-refractivity contribution in [3.05, 3.63) is 29.8 Å². The van der Waals surface area contributed by atoms with Gasteiger partial charge >= 0.3 is 0 Å². The van der Waals surface area contributed by atoms with Gasteiger partial charge in [-0.25, -0.2) is 0 Å². The quantitative estimate of drug-likeness (QED) is 0.864. The Labute approximate surface area is 123 Å². The monoisotopic (exact) mass is 276 g/mol. The number of nitrogens with one attached hydrogen (secondary N) is 1. The topological polar surface area (TPSA) is 24.5 Å². The lowest BCUT2D eigenvalue weighted by molar-refractivity contribution is 0.188. The predicted octanol–water partition coefficient (Wildman–Crippen LogP) is 2.91. The minimum Gasteiger partial charge on any atom is -0.493 e. The zero-order chi connectivity index (χ0) is 14.4. The Morgan fingerprint density at radius 3 is 2.70 bits per heavy atom. The highest BCUT2D eigenvalue weighted by Gasteiger charge is 2.18. The second kappa shape index (κ2) is 7.65. The van der Waals surface area contributed by atoms with Crippen molar-refractivity contribution < 1.29 is 4.74 Å². The van der Waals surface area contributed by atoms with Gasteiger partial charge in [-0.3, -0.25) is 4.90 Å². The van der Waals surface area contributed by atoms with Crippen molar-refractivity contribution in [2.24, 2.45) is 5.92 Å². The molecular formula is C17H28N2O. The molecule has 0 spiro atoms. The number of rotatable bonds is 6. The summed E-state index contributed by atoms with van der Waals surface area (Å²) < 4.78 is 5.72. The Balaban J connectivity index is 1.83. The van der Waals surface area contributed by atoms with Gasteiger partial charge in [0.05, 0.1) is 6.61 Å². The van der Waals surface area contributed by atoms with Gasteiger partial charge in [-0.1, -0.05) is 26.0 Å². The fourth-order valence-corrected chi connectivity index (χ4v) is 2.65. The van der Waals surface area contributed by atoms with Gasteiger partial charge in [0.1, 0.15) is 5.75 Å². The van der Waals surface area contributed by atoms with Crippen LogP contribution in [0.25, 0.3) is 0 Å². The zero-order valence-corrected chi connectivity index (χ0v) is 13.1. The van der Waals surface area contributed by atoms with Crippen LogP contribution < -0.4 is 10.1 Å². The number of ether oxygens (including phenoxy) is 1. The molecular weight excluding hydrogens is 248 g/mol. The van der Waals surface area contributed by atoms with Crippen molar-refractivity contribution in [2.45, 2.75) is 39.3 Å². The molecule has 1 heterocycles. The SMILES string of the molecule is CNC1CCCN(Cc2ccc(OCC(C)C)cc2)C1. The molecule has 0 aliphatic carbocycles.